The fraction of sp³-hybridized carbons (Fsp3) is 0.125. The maximum absolute atomic E-state index is 9.55. The number of hydrogen-bond donors (Lipinski definition) is 1. The van der Waals surface area contributed by atoms with E-state index in [9.17, 15) is 10.5 Å². The number of ether oxygens (including phenoxy) is 2. The summed E-state index contributed by atoms with van der Waals surface area (Å²) in [6, 6.07) is 17.3. The van der Waals surface area contributed by atoms with Crippen LogP contribution in [0, 0.1) is 22.7 Å². The average Bonchev–Trinajstić information content (AvgIpc) is 3.53. The highest BCUT2D eigenvalue weighted by Crippen LogP contribution is 2.38. The lowest BCUT2D eigenvalue weighted by Crippen LogP contribution is -2.06. The van der Waals surface area contributed by atoms with E-state index in [2.05, 4.69) is 9.97 Å². The standard InChI is InChI=1S/C24H16N8O2/c1-31-17-5-3-2-4-14(17)29-23(31)20-21-24(30-16(10-26)15(9-25)28-21)32(22(20)27)11-13-6-7-18-19(8-13)34-12-33-18/h2-8H,11-12,27H2,1H3. The topological polar surface area (TPSA) is 141 Å². The number of nitriles is 2. The van der Waals surface area contributed by atoms with Gasteiger partial charge < -0.3 is 24.3 Å². The van der Waals surface area contributed by atoms with Crippen molar-refractivity contribution < 1.29 is 9.47 Å². The highest BCUT2D eigenvalue weighted by molar-refractivity contribution is 5.99. The van der Waals surface area contributed by atoms with Crippen molar-refractivity contribution in [2.75, 3.05) is 12.5 Å². The van der Waals surface area contributed by atoms with Crippen molar-refractivity contribution in [2.45, 2.75) is 6.54 Å². The zero-order valence-electron chi connectivity index (χ0n) is 18.0. The van der Waals surface area contributed by atoms with E-state index in [0.29, 0.717) is 46.4 Å². The van der Waals surface area contributed by atoms with Gasteiger partial charge in [0.05, 0.1) is 23.1 Å². The van der Waals surface area contributed by atoms with Gasteiger partial charge in [-0.1, -0.05) is 18.2 Å². The molecule has 0 saturated heterocycles. The summed E-state index contributed by atoms with van der Waals surface area (Å²) in [5.74, 6) is 2.31. The van der Waals surface area contributed by atoms with Gasteiger partial charge in [-0.3, -0.25) is 0 Å². The Labute approximate surface area is 193 Å². The van der Waals surface area contributed by atoms with Gasteiger partial charge in [0, 0.05) is 7.05 Å². The van der Waals surface area contributed by atoms with E-state index in [4.69, 9.17) is 20.2 Å². The molecule has 0 amide bonds. The van der Waals surface area contributed by atoms with Crippen LogP contribution >= 0.6 is 0 Å². The van der Waals surface area contributed by atoms with Crippen molar-refractivity contribution in [3.8, 4) is 35.0 Å². The summed E-state index contributed by atoms with van der Waals surface area (Å²) in [7, 11) is 1.90. The second-order valence-corrected chi connectivity index (χ2v) is 7.83. The maximum atomic E-state index is 9.55. The number of nitrogens with zero attached hydrogens (tertiary/aromatic N) is 7. The van der Waals surface area contributed by atoms with Crippen molar-refractivity contribution in [3.05, 3.63) is 59.4 Å². The van der Waals surface area contributed by atoms with Gasteiger partial charge in [0.25, 0.3) is 0 Å². The number of nitrogens with two attached hydrogens (primary N) is 1. The molecule has 0 spiro atoms. The molecule has 0 unspecified atom stereocenters. The molecule has 0 fully saturated rings. The molecule has 3 aromatic heterocycles. The van der Waals surface area contributed by atoms with Gasteiger partial charge in [-0.2, -0.15) is 10.5 Å². The van der Waals surface area contributed by atoms with Crippen LogP contribution in [0.5, 0.6) is 11.5 Å². The monoisotopic (exact) mass is 448 g/mol. The fourth-order valence-corrected chi connectivity index (χ4v) is 4.28. The summed E-state index contributed by atoms with van der Waals surface area (Å²) in [6.45, 7) is 0.520. The van der Waals surface area contributed by atoms with Crippen LogP contribution in [-0.2, 0) is 13.6 Å². The Kier molecular flexibility index (Phi) is 4.16. The number of nitrogen functional groups attached to an aromatic ring is 1. The van der Waals surface area contributed by atoms with Crippen LogP contribution in [0.1, 0.15) is 17.0 Å². The van der Waals surface area contributed by atoms with Crippen molar-refractivity contribution in [2.24, 2.45) is 7.05 Å². The van der Waals surface area contributed by atoms with E-state index in [1.165, 1.54) is 0 Å². The minimum Gasteiger partial charge on any atom is -0.454 e. The number of anilines is 1. The highest BCUT2D eigenvalue weighted by Gasteiger charge is 2.26. The Morgan fingerprint density at radius 2 is 1.76 bits per heavy atom. The summed E-state index contributed by atoms with van der Waals surface area (Å²) in [5.41, 5.74) is 10.6. The number of aryl methyl sites for hydroxylation is 1. The van der Waals surface area contributed by atoms with Gasteiger partial charge in [0.15, 0.2) is 28.5 Å². The Balaban J connectivity index is 1.62. The minimum atomic E-state index is -0.0600. The molecular formula is C24H16N8O2. The molecule has 10 heteroatoms. The number of para-hydroxylation sites is 2. The second kappa shape index (κ2) is 7.22. The molecule has 164 valence electrons. The first-order chi connectivity index (χ1) is 16.6. The van der Waals surface area contributed by atoms with Crippen molar-refractivity contribution >= 4 is 28.0 Å². The van der Waals surface area contributed by atoms with Crippen LogP contribution in [0.3, 0.4) is 0 Å². The summed E-state index contributed by atoms with van der Waals surface area (Å²) in [4.78, 5) is 13.7. The number of imidazole rings is 1. The zero-order chi connectivity index (χ0) is 23.4. The van der Waals surface area contributed by atoms with Gasteiger partial charge in [-0.25, -0.2) is 15.0 Å². The molecule has 6 rings (SSSR count). The van der Waals surface area contributed by atoms with E-state index >= 15 is 0 Å². The zero-order valence-corrected chi connectivity index (χ0v) is 18.0. The highest BCUT2D eigenvalue weighted by atomic mass is 16.7. The molecule has 0 bridgehead atoms. The molecule has 4 heterocycles. The molecule has 5 aromatic rings. The molecule has 1 aliphatic heterocycles. The lowest BCUT2D eigenvalue weighted by atomic mass is 10.2. The Bertz CT molecular complexity index is 1720. The third-order valence-electron chi connectivity index (χ3n) is 5.92. The quantitative estimate of drug-likeness (QED) is 0.444. The number of fused-ring (bicyclic) bond motifs is 3. The molecule has 0 saturated carbocycles. The predicted octanol–water partition coefficient (Wildman–Crippen LogP) is 3.09. The third-order valence-corrected chi connectivity index (χ3v) is 5.92. The molecular weight excluding hydrogens is 432 g/mol. The predicted molar refractivity (Wildman–Crippen MR) is 123 cm³/mol. The van der Waals surface area contributed by atoms with Crippen LogP contribution in [0.2, 0.25) is 0 Å². The molecule has 1 aliphatic rings. The molecule has 0 radical (unpaired) electrons. The number of rotatable bonds is 3. The van der Waals surface area contributed by atoms with Crippen LogP contribution in [0.15, 0.2) is 42.5 Å². The normalized spacial score (nSPS) is 12.2. The Morgan fingerprint density at radius 1 is 1.00 bits per heavy atom. The molecule has 2 N–H and O–H groups in total. The van der Waals surface area contributed by atoms with Crippen LogP contribution < -0.4 is 15.2 Å². The van der Waals surface area contributed by atoms with Gasteiger partial charge in [-0.15, -0.1) is 0 Å². The van der Waals surface area contributed by atoms with E-state index in [0.717, 1.165) is 16.6 Å². The molecule has 10 nitrogen and oxygen atoms in total. The second-order valence-electron chi connectivity index (χ2n) is 7.83. The first-order valence-corrected chi connectivity index (χ1v) is 10.4. The van der Waals surface area contributed by atoms with E-state index < -0.39 is 0 Å². The van der Waals surface area contributed by atoms with Crippen molar-refractivity contribution in [1.82, 2.24) is 24.1 Å². The maximum Gasteiger partial charge on any atom is 0.231 e. The van der Waals surface area contributed by atoms with E-state index in [-0.39, 0.29) is 18.2 Å². The smallest absolute Gasteiger partial charge is 0.231 e. The average molecular weight is 448 g/mol. The van der Waals surface area contributed by atoms with Crippen molar-refractivity contribution in [3.63, 3.8) is 0 Å². The number of hydrogen-bond acceptors (Lipinski definition) is 8. The van der Waals surface area contributed by atoms with E-state index in [1.54, 1.807) is 4.57 Å². The largest absolute Gasteiger partial charge is 0.454 e. The molecule has 0 atom stereocenters. The molecule has 2 aromatic carbocycles. The number of benzene rings is 2. The van der Waals surface area contributed by atoms with Crippen LogP contribution in [0.25, 0.3) is 33.6 Å². The third kappa shape index (κ3) is 2.76. The molecule has 0 aliphatic carbocycles. The summed E-state index contributed by atoms with van der Waals surface area (Å²) in [5, 5.41) is 19.1. The van der Waals surface area contributed by atoms with Gasteiger partial charge in [0.2, 0.25) is 6.79 Å². The first-order valence-electron chi connectivity index (χ1n) is 10.4. The summed E-state index contributed by atoms with van der Waals surface area (Å²) in [6.07, 6.45) is 0. The van der Waals surface area contributed by atoms with Gasteiger partial charge in [0.1, 0.15) is 29.3 Å². The van der Waals surface area contributed by atoms with Crippen LogP contribution in [0.4, 0.5) is 5.82 Å². The number of aromatic nitrogens is 5. The summed E-state index contributed by atoms with van der Waals surface area (Å²) < 4.78 is 14.6. The fourth-order valence-electron chi connectivity index (χ4n) is 4.28. The first kappa shape index (κ1) is 19.6. The SMILES string of the molecule is Cn1c(-c2c(N)n(Cc3ccc4c(c3)OCO4)c3nc(C#N)c(C#N)nc23)nc2ccccc21. The minimum absolute atomic E-state index is 0.0593. The lowest BCUT2D eigenvalue weighted by Gasteiger charge is -2.09. The van der Waals surface area contributed by atoms with Gasteiger partial charge in [-0.05, 0) is 29.8 Å². The van der Waals surface area contributed by atoms with Crippen LogP contribution in [-0.4, -0.2) is 30.9 Å². The van der Waals surface area contributed by atoms with Crippen molar-refractivity contribution in [1.29, 1.82) is 10.5 Å². The molecule has 34 heavy (non-hydrogen) atoms. The van der Waals surface area contributed by atoms with E-state index in [1.807, 2.05) is 66.2 Å². The summed E-state index contributed by atoms with van der Waals surface area (Å²) >= 11 is 0. The Hall–Kier alpha value is -5.09. The lowest BCUT2D eigenvalue weighted by molar-refractivity contribution is 0.174. The Morgan fingerprint density at radius 3 is 2.56 bits per heavy atom. The van der Waals surface area contributed by atoms with Gasteiger partial charge >= 0.3 is 0 Å².